The Kier molecular flexibility index (Phi) is 12.5. The van der Waals surface area contributed by atoms with Gasteiger partial charge >= 0.3 is 12.1 Å². The van der Waals surface area contributed by atoms with Crippen LogP contribution in [0.25, 0.3) is 21.8 Å². The third-order valence-corrected chi connectivity index (χ3v) is 10.8. The number of amides is 3. The van der Waals surface area contributed by atoms with Crippen LogP contribution in [-0.4, -0.2) is 117 Å². The summed E-state index contributed by atoms with van der Waals surface area (Å²) in [5, 5.41) is 28.8. The van der Waals surface area contributed by atoms with Gasteiger partial charge < -0.3 is 30.6 Å². The van der Waals surface area contributed by atoms with Gasteiger partial charge in [0.15, 0.2) is 0 Å². The summed E-state index contributed by atoms with van der Waals surface area (Å²) in [5.74, 6) is -1.23. The van der Waals surface area contributed by atoms with Crippen LogP contribution in [-0.2, 0) is 4.79 Å². The van der Waals surface area contributed by atoms with E-state index in [0.717, 1.165) is 17.5 Å². The fraction of sp³-hybridized carbons (Fsp3) is 0.255. The lowest BCUT2D eigenvalue weighted by Crippen LogP contribution is -2.47. The van der Waals surface area contributed by atoms with E-state index in [0.29, 0.717) is 63.8 Å². The number of rotatable bonds is 7. The molecule has 4 aromatic carbocycles. The Morgan fingerprint density at radius 2 is 1.18 bits per heavy atom. The first-order valence-electron chi connectivity index (χ1n) is 20.5. The van der Waals surface area contributed by atoms with E-state index in [2.05, 4.69) is 20.6 Å². The van der Waals surface area contributed by atoms with Crippen molar-refractivity contribution < 1.29 is 34.2 Å². The quantitative estimate of drug-likeness (QED) is 0.123. The number of hydrogen-bond donors (Lipinski definition) is 4. The minimum absolute atomic E-state index is 0.0394. The highest BCUT2D eigenvalue weighted by Gasteiger charge is 2.35. The Morgan fingerprint density at radius 1 is 0.710 bits per heavy atom. The first-order chi connectivity index (χ1) is 29.9. The lowest BCUT2D eigenvalue weighted by molar-refractivity contribution is -0.132. The number of carbonyl (C=O) groups is 5. The second-order valence-corrected chi connectivity index (χ2v) is 15.1. The SMILES string of the molecule is CC.CN(C)CCCNC(=O)n1c(O)c(C2=Nc3ccccc3C2=O)c2ccccc21.CN1CCC(NC(=O)n2c(O)c(C3=Nc4ccccc4C3=O)c3ccccc32)CC1=O. The maximum absolute atomic E-state index is 13.1. The van der Waals surface area contributed by atoms with Crippen LogP contribution in [0, 0.1) is 0 Å². The van der Waals surface area contributed by atoms with Crippen molar-refractivity contribution in [1.29, 1.82) is 0 Å². The zero-order valence-corrected chi connectivity index (χ0v) is 35.2. The molecule has 1 fully saturated rings. The van der Waals surface area contributed by atoms with E-state index >= 15 is 0 Å². The van der Waals surface area contributed by atoms with Gasteiger partial charge in [-0.2, -0.15) is 0 Å². The predicted molar refractivity (Wildman–Crippen MR) is 239 cm³/mol. The van der Waals surface area contributed by atoms with Crippen molar-refractivity contribution in [2.24, 2.45) is 9.98 Å². The van der Waals surface area contributed by atoms with Gasteiger partial charge in [-0.05, 0) is 69.9 Å². The predicted octanol–water partition coefficient (Wildman–Crippen LogP) is 7.04. The van der Waals surface area contributed by atoms with Gasteiger partial charge in [0.2, 0.25) is 29.2 Å². The highest BCUT2D eigenvalue weighted by atomic mass is 16.3. The third kappa shape index (κ3) is 7.97. The molecule has 3 amide bonds. The van der Waals surface area contributed by atoms with Gasteiger partial charge in [-0.3, -0.25) is 14.4 Å². The number of piperidine rings is 1. The Bertz CT molecular complexity index is 2820. The van der Waals surface area contributed by atoms with Crippen LogP contribution in [0.3, 0.4) is 0 Å². The molecule has 3 aliphatic rings. The number of aromatic hydroxyl groups is 2. The van der Waals surface area contributed by atoms with Crippen molar-refractivity contribution in [2.75, 3.05) is 40.8 Å². The van der Waals surface area contributed by atoms with E-state index in [-0.39, 0.29) is 64.2 Å². The minimum Gasteiger partial charge on any atom is -0.494 e. The van der Waals surface area contributed by atoms with Crippen molar-refractivity contribution in [1.82, 2.24) is 29.6 Å². The number of nitrogens with one attached hydrogen (secondary N) is 2. The number of carbonyl (C=O) groups excluding carboxylic acids is 5. The lowest BCUT2D eigenvalue weighted by atomic mass is 10.0. The first-order valence-corrected chi connectivity index (χ1v) is 20.5. The van der Waals surface area contributed by atoms with Crippen molar-refractivity contribution in [3.63, 3.8) is 0 Å². The molecule has 15 nitrogen and oxygen atoms in total. The molecular weight excluding hydrogens is 789 g/mol. The fourth-order valence-corrected chi connectivity index (χ4v) is 7.77. The zero-order chi connectivity index (χ0) is 44.2. The monoisotopic (exact) mass is 836 g/mol. The summed E-state index contributed by atoms with van der Waals surface area (Å²) in [7, 11) is 5.67. The Morgan fingerprint density at radius 3 is 1.66 bits per heavy atom. The van der Waals surface area contributed by atoms with E-state index in [4.69, 9.17) is 0 Å². The van der Waals surface area contributed by atoms with Crippen LogP contribution in [0.1, 0.15) is 65.0 Å². The molecule has 15 heteroatoms. The van der Waals surface area contributed by atoms with Gasteiger partial charge in [0, 0.05) is 54.5 Å². The molecule has 0 aliphatic carbocycles. The summed E-state index contributed by atoms with van der Waals surface area (Å²) < 4.78 is 2.35. The number of aliphatic imine (C=N–C) groups is 2. The molecule has 0 spiro atoms. The average molecular weight is 837 g/mol. The summed E-state index contributed by atoms with van der Waals surface area (Å²) in [6.45, 7) is 5.87. The summed E-state index contributed by atoms with van der Waals surface area (Å²) in [5.41, 5.74) is 3.81. The number of fused-ring (bicyclic) bond motifs is 4. The molecule has 1 atom stereocenters. The summed E-state index contributed by atoms with van der Waals surface area (Å²) in [6.07, 6.45) is 1.61. The highest BCUT2D eigenvalue weighted by Crippen LogP contribution is 2.39. The second-order valence-electron chi connectivity index (χ2n) is 15.1. The molecule has 9 rings (SSSR count). The van der Waals surface area contributed by atoms with E-state index in [1.165, 1.54) is 4.57 Å². The Hall–Kier alpha value is -7.39. The van der Waals surface area contributed by atoms with Gasteiger partial charge in [-0.25, -0.2) is 28.7 Å². The van der Waals surface area contributed by atoms with Crippen LogP contribution < -0.4 is 10.6 Å². The van der Waals surface area contributed by atoms with Gasteiger partial charge in [0.25, 0.3) is 0 Å². The number of ketones is 2. The van der Waals surface area contributed by atoms with Crippen LogP contribution in [0.2, 0.25) is 0 Å². The molecule has 0 saturated carbocycles. The molecule has 4 N–H and O–H groups in total. The molecule has 6 aromatic rings. The summed E-state index contributed by atoms with van der Waals surface area (Å²) in [4.78, 5) is 76.3. The maximum Gasteiger partial charge on any atom is 0.329 e. The van der Waals surface area contributed by atoms with Gasteiger partial charge in [0.05, 0.1) is 33.5 Å². The Labute approximate surface area is 358 Å². The molecule has 5 heterocycles. The van der Waals surface area contributed by atoms with Gasteiger partial charge in [-0.15, -0.1) is 0 Å². The van der Waals surface area contributed by atoms with Crippen molar-refractivity contribution >= 4 is 74.1 Å². The molecule has 1 saturated heterocycles. The third-order valence-electron chi connectivity index (χ3n) is 10.8. The fourth-order valence-electron chi connectivity index (χ4n) is 7.77. The maximum atomic E-state index is 13.1. The molecule has 1 unspecified atom stereocenters. The van der Waals surface area contributed by atoms with Crippen molar-refractivity contribution in [3.8, 4) is 11.8 Å². The van der Waals surface area contributed by atoms with E-state index < -0.39 is 12.1 Å². The van der Waals surface area contributed by atoms with Gasteiger partial charge in [-0.1, -0.05) is 74.5 Å². The molecule has 0 bridgehead atoms. The lowest BCUT2D eigenvalue weighted by Gasteiger charge is -2.29. The number of Topliss-reactive ketones (excluding diaryl/α,β-unsaturated/α-hetero) is 2. The van der Waals surface area contributed by atoms with E-state index in [1.54, 1.807) is 103 Å². The van der Waals surface area contributed by atoms with Crippen LogP contribution in [0.15, 0.2) is 107 Å². The zero-order valence-electron chi connectivity index (χ0n) is 35.2. The molecule has 2 aromatic heterocycles. The van der Waals surface area contributed by atoms with Crippen LogP contribution >= 0.6 is 0 Å². The smallest absolute Gasteiger partial charge is 0.329 e. The van der Waals surface area contributed by atoms with Gasteiger partial charge in [0.1, 0.15) is 11.4 Å². The van der Waals surface area contributed by atoms with Crippen molar-refractivity contribution in [3.05, 3.63) is 119 Å². The number of para-hydroxylation sites is 4. The second kappa shape index (κ2) is 18.1. The number of aromatic nitrogens is 2. The van der Waals surface area contributed by atoms with Crippen LogP contribution in [0.5, 0.6) is 11.8 Å². The summed E-state index contributed by atoms with van der Waals surface area (Å²) >= 11 is 0. The Balaban J connectivity index is 0.000000180. The molecular formula is C47H48N8O7. The number of likely N-dealkylation sites (tertiary alicyclic amines) is 1. The minimum atomic E-state index is -0.550. The number of benzene rings is 4. The van der Waals surface area contributed by atoms with Crippen molar-refractivity contribution in [2.45, 2.75) is 39.2 Å². The van der Waals surface area contributed by atoms with E-state index in [9.17, 15) is 34.2 Å². The number of nitrogens with zero attached hydrogens (tertiary/aromatic N) is 6. The molecule has 62 heavy (non-hydrogen) atoms. The standard InChI is InChI=1S/C23H20N4O4.C22H22N4O3.C2H6/c1-26-11-10-13(12-18(26)28)24-23(31)27-17-9-5-3-7-15(17)19(22(27)30)20-21(29)14-6-2-4-8-16(14)25-20;1-25(2)13-7-12-23-22(29)26-17-11-6-4-9-15(17)18(21(26)28)19-20(27)14-8-3-5-10-16(14)24-19;1-2/h2-9,13,30H,10-12H2,1H3,(H,24,31);3-6,8-11,28H,7,12-13H2,1-2H3,(H,23,29);1-2H3. The largest absolute Gasteiger partial charge is 0.494 e. The number of hydrogen-bond acceptors (Lipinski definition) is 10. The van der Waals surface area contributed by atoms with Crippen LogP contribution in [0.4, 0.5) is 21.0 Å². The molecule has 318 valence electrons. The molecule has 3 aliphatic heterocycles. The highest BCUT2D eigenvalue weighted by molar-refractivity contribution is 6.57. The normalized spacial score (nSPS) is 15.4. The first kappa shape index (κ1) is 42.7. The van der Waals surface area contributed by atoms with E-state index in [1.807, 2.05) is 38.9 Å². The average Bonchev–Trinajstić information content (AvgIpc) is 3.97. The topological polar surface area (TPSA) is 191 Å². The summed E-state index contributed by atoms with van der Waals surface area (Å²) in [6, 6.07) is 26.8. The molecule has 0 radical (unpaired) electrons.